The quantitative estimate of drug-likeness (QED) is 0.333. The lowest BCUT2D eigenvalue weighted by atomic mass is 9.51. The Hall–Kier alpha value is -1.36. The van der Waals surface area contributed by atoms with Crippen LogP contribution in [0.3, 0.4) is 0 Å². The van der Waals surface area contributed by atoms with Crippen molar-refractivity contribution in [2.75, 3.05) is 0 Å². The van der Waals surface area contributed by atoms with Crippen LogP contribution in [-0.2, 0) is 10.5 Å². The fourth-order valence-electron chi connectivity index (χ4n) is 9.11. The Morgan fingerprint density at radius 3 is 2.76 bits per heavy atom. The van der Waals surface area contributed by atoms with Gasteiger partial charge in [0.05, 0.1) is 11.2 Å². The van der Waals surface area contributed by atoms with E-state index in [2.05, 4.69) is 26.0 Å². The van der Waals surface area contributed by atoms with Crippen molar-refractivity contribution in [3.8, 4) is 0 Å². The molecule has 6 atom stereocenters. The molecule has 4 aliphatic rings. The highest BCUT2D eigenvalue weighted by atomic mass is 35.5. The lowest BCUT2D eigenvalue weighted by molar-refractivity contribution is -0.115. The van der Waals surface area contributed by atoms with Crippen molar-refractivity contribution in [1.29, 1.82) is 0 Å². The summed E-state index contributed by atoms with van der Waals surface area (Å²) in [6.07, 6.45) is 14.8. The van der Waals surface area contributed by atoms with Crippen LogP contribution in [0.1, 0.15) is 90.2 Å². The molecule has 1 spiro atoms. The molecule has 1 N–H and O–H groups in total. The van der Waals surface area contributed by atoms with E-state index in [9.17, 15) is 9.90 Å². The van der Waals surface area contributed by atoms with Crippen LogP contribution in [0.2, 0.25) is 5.02 Å². The molecule has 1 aromatic carbocycles. The number of aliphatic hydroxyl groups is 1. The Balaban J connectivity index is 1.17. The van der Waals surface area contributed by atoms with Crippen LogP contribution in [0.4, 0.5) is 0 Å². The van der Waals surface area contributed by atoms with Crippen LogP contribution in [0, 0.1) is 34.5 Å². The van der Waals surface area contributed by atoms with Crippen molar-refractivity contribution in [2.24, 2.45) is 34.5 Å². The van der Waals surface area contributed by atoms with Gasteiger partial charge < -0.3 is 5.11 Å². The van der Waals surface area contributed by atoms with E-state index >= 15 is 0 Å². The van der Waals surface area contributed by atoms with Gasteiger partial charge in [-0.25, -0.2) is 0 Å². The van der Waals surface area contributed by atoms with Crippen molar-refractivity contribution >= 4 is 40.0 Å². The molecule has 4 aliphatic carbocycles. The first-order valence-electron chi connectivity index (χ1n) is 14.9. The van der Waals surface area contributed by atoms with Crippen LogP contribution in [0.15, 0.2) is 42.0 Å². The predicted octanol–water partition coefficient (Wildman–Crippen LogP) is 8.76. The summed E-state index contributed by atoms with van der Waals surface area (Å²) in [5, 5.41) is 13.4. The van der Waals surface area contributed by atoms with Crippen molar-refractivity contribution in [1.82, 2.24) is 4.98 Å². The maximum atomic E-state index is 12.0. The van der Waals surface area contributed by atoms with Crippen LogP contribution >= 0.6 is 23.4 Å². The molecular weight excluding hydrogens is 510 g/mol. The number of thioether (sulfide) groups is 1. The number of aromatic nitrogens is 1. The Labute approximate surface area is 237 Å². The summed E-state index contributed by atoms with van der Waals surface area (Å²) in [7, 11) is 0. The number of pyridine rings is 1. The number of rotatable bonds is 8. The maximum absolute atomic E-state index is 12.0. The Bertz CT molecular complexity index is 1240. The van der Waals surface area contributed by atoms with Crippen LogP contribution in [-0.4, -0.2) is 21.3 Å². The number of benzene rings is 1. The largest absolute Gasteiger partial charge is 0.382 e. The normalized spacial score (nSPS) is 32.8. The molecular formula is C33H42ClNO2S. The van der Waals surface area contributed by atoms with Gasteiger partial charge >= 0.3 is 0 Å². The van der Waals surface area contributed by atoms with Crippen molar-refractivity contribution in [2.45, 2.75) is 95.7 Å². The number of aliphatic hydroxyl groups excluding tert-OH is 1. The van der Waals surface area contributed by atoms with E-state index in [4.69, 9.17) is 16.6 Å². The van der Waals surface area contributed by atoms with Crippen LogP contribution in [0.25, 0.3) is 10.9 Å². The second-order valence-corrected chi connectivity index (χ2v) is 14.6. The van der Waals surface area contributed by atoms with E-state index in [0.29, 0.717) is 34.0 Å². The molecule has 0 aliphatic heterocycles. The molecule has 2 aromatic rings. The molecule has 6 rings (SSSR count). The molecule has 6 unspecified atom stereocenters. The number of allylic oxidation sites excluding steroid dienone is 2. The molecule has 204 valence electrons. The molecule has 38 heavy (non-hydrogen) atoms. The number of halogens is 1. The van der Waals surface area contributed by atoms with E-state index in [-0.39, 0.29) is 10.9 Å². The van der Waals surface area contributed by atoms with Crippen LogP contribution < -0.4 is 0 Å². The summed E-state index contributed by atoms with van der Waals surface area (Å²) in [5.41, 5.74) is 3.64. The average molecular weight is 552 g/mol. The van der Waals surface area contributed by atoms with Gasteiger partial charge in [-0.3, -0.25) is 9.78 Å². The number of hydrogen-bond donors (Lipinski definition) is 1. The summed E-state index contributed by atoms with van der Waals surface area (Å²) >= 11 is 7.87. The molecule has 3 nitrogen and oxygen atoms in total. The Morgan fingerprint density at radius 1 is 1.18 bits per heavy atom. The molecule has 1 aromatic heterocycles. The van der Waals surface area contributed by atoms with Gasteiger partial charge in [0.15, 0.2) is 5.78 Å². The zero-order valence-electron chi connectivity index (χ0n) is 22.9. The molecule has 0 bridgehead atoms. The first-order valence-corrected chi connectivity index (χ1v) is 16.3. The lowest BCUT2D eigenvalue weighted by Crippen LogP contribution is -2.48. The van der Waals surface area contributed by atoms with Gasteiger partial charge in [-0.05, 0) is 117 Å². The molecule has 3 fully saturated rings. The third kappa shape index (κ3) is 4.99. The van der Waals surface area contributed by atoms with E-state index < -0.39 is 0 Å². The highest BCUT2D eigenvalue weighted by Crippen LogP contribution is 2.73. The van der Waals surface area contributed by atoms with Gasteiger partial charge in [-0.1, -0.05) is 49.6 Å². The highest BCUT2D eigenvalue weighted by Gasteiger charge is 2.65. The van der Waals surface area contributed by atoms with Crippen molar-refractivity contribution in [3.05, 3.63) is 52.7 Å². The summed E-state index contributed by atoms with van der Waals surface area (Å²) < 4.78 is 0. The summed E-state index contributed by atoms with van der Waals surface area (Å²) in [6.45, 7) is 4.93. The minimum Gasteiger partial charge on any atom is -0.382 e. The van der Waals surface area contributed by atoms with Gasteiger partial charge in [0.2, 0.25) is 0 Å². The Kier molecular flexibility index (Phi) is 7.46. The molecule has 3 saturated carbocycles. The van der Waals surface area contributed by atoms with Crippen LogP contribution in [0.5, 0.6) is 0 Å². The van der Waals surface area contributed by atoms with Gasteiger partial charge in [0, 0.05) is 22.6 Å². The van der Waals surface area contributed by atoms with Gasteiger partial charge in [-0.2, -0.15) is 0 Å². The molecule has 0 radical (unpaired) electrons. The van der Waals surface area contributed by atoms with E-state index in [1.165, 1.54) is 44.1 Å². The monoisotopic (exact) mass is 551 g/mol. The van der Waals surface area contributed by atoms with E-state index in [1.807, 2.05) is 24.3 Å². The SMILES string of the molecule is CCC1C(CCC2=CC(=O)CCC2)C2CCC(C(O)SCc3ccc4ccc(Cl)cc4n3)C2(C)CC12CC2. The molecule has 1 heterocycles. The second kappa shape index (κ2) is 10.6. The zero-order chi connectivity index (χ0) is 26.5. The predicted molar refractivity (Wildman–Crippen MR) is 158 cm³/mol. The standard InChI is InChI=1S/C33H42ClNO2S/c1-3-27-26(12-7-21-5-4-6-25(36)17-21)28-13-14-29(32(28,2)20-33(27)15-16-33)31(37)38-19-24-11-9-22-8-10-23(34)18-30(22)35-24/h8-11,17-18,26-29,31,37H,3-7,12-16,19-20H2,1-2H3. The fourth-order valence-corrected chi connectivity index (χ4v) is 10.5. The number of ketones is 1. The highest BCUT2D eigenvalue weighted by molar-refractivity contribution is 7.98. The smallest absolute Gasteiger partial charge is 0.155 e. The third-order valence-electron chi connectivity index (χ3n) is 10.9. The minimum absolute atomic E-state index is 0.195. The lowest BCUT2D eigenvalue weighted by Gasteiger charge is -2.54. The molecule has 5 heteroatoms. The average Bonchev–Trinajstić information content (AvgIpc) is 3.56. The summed E-state index contributed by atoms with van der Waals surface area (Å²) in [4.78, 5) is 16.9. The topological polar surface area (TPSA) is 50.2 Å². The first kappa shape index (κ1) is 26.8. The van der Waals surface area contributed by atoms with Gasteiger partial charge in [0.25, 0.3) is 0 Å². The number of nitrogens with zero attached hydrogens (tertiary/aromatic N) is 1. The first-order chi connectivity index (χ1) is 18.3. The second-order valence-electron chi connectivity index (χ2n) is 13.0. The molecule has 0 saturated heterocycles. The van der Waals surface area contributed by atoms with Gasteiger partial charge in [-0.15, -0.1) is 11.8 Å². The van der Waals surface area contributed by atoms with E-state index in [0.717, 1.165) is 60.4 Å². The Morgan fingerprint density at radius 2 is 2.00 bits per heavy atom. The number of hydrogen-bond acceptors (Lipinski definition) is 4. The number of carbonyl (C=O) groups excluding carboxylic acids is 1. The number of fused-ring (bicyclic) bond motifs is 2. The van der Waals surface area contributed by atoms with Crippen molar-refractivity contribution < 1.29 is 9.90 Å². The molecule has 0 amide bonds. The summed E-state index contributed by atoms with van der Waals surface area (Å²) in [6, 6.07) is 10.0. The van der Waals surface area contributed by atoms with Gasteiger partial charge in [0.1, 0.15) is 5.44 Å². The summed E-state index contributed by atoms with van der Waals surface area (Å²) in [5.74, 6) is 3.58. The van der Waals surface area contributed by atoms with E-state index in [1.54, 1.807) is 11.8 Å². The third-order valence-corrected chi connectivity index (χ3v) is 12.3. The minimum atomic E-state index is -0.366. The maximum Gasteiger partial charge on any atom is 0.155 e. The fraction of sp³-hybridized carbons (Fsp3) is 0.636. The zero-order valence-corrected chi connectivity index (χ0v) is 24.5. The number of carbonyl (C=O) groups is 1. The van der Waals surface area contributed by atoms with Crippen molar-refractivity contribution in [3.63, 3.8) is 0 Å².